The van der Waals surface area contributed by atoms with E-state index in [1.807, 2.05) is 0 Å². The highest BCUT2D eigenvalue weighted by atomic mass is 19.4. The molecule has 1 heterocycles. The van der Waals surface area contributed by atoms with Gasteiger partial charge in [0.15, 0.2) is 0 Å². The summed E-state index contributed by atoms with van der Waals surface area (Å²) in [7, 11) is 0. The van der Waals surface area contributed by atoms with Gasteiger partial charge >= 0.3 is 23.9 Å². The van der Waals surface area contributed by atoms with Crippen LogP contribution in [0.15, 0.2) is 0 Å². The van der Waals surface area contributed by atoms with Gasteiger partial charge in [0.25, 0.3) is 5.91 Å². The summed E-state index contributed by atoms with van der Waals surface area (Å²) in [6, 6.07) is 0. The number of hydrogen-bond donors (Lipinski definition) is 1. The van der Waals surface area contributed by atoms with Crippen molar-refractivity contribution in [2.24, 2.45) is 0 Å². The molecule has 1 rings (SSSR count). The molecule has 0 aliphatic carbocycles. The Morgan fingerprint density at radius 2 is 1.55 bits per heavy atom. The molecule has 0 saturated carbocycles. The van der Waals surface area contributed by atoms with Crippen molar-refractivity contribution in [1.82, 2.24) is 5.32 Å². The van der Waals surface area contributed by atoms with Gasteiger partial charge in [-0.1, -0.05) is 0 Å². The molecule has 3 nitrogen and oxygen atoms in total. The monoisotopic (exact) mass is 347 g/mol. The Morgan fingerprint density at radius 1 is 1.00 bits per heavy atom. The van der Waals surface area contributed by atoms with Crippen LogP contribution < -0.4 is 5.32 Å². The third kappa shape index (κ3) is 3.10. The summed E-state index contributed by atoms with van der Waals surface area (Å²) in [5, 5.41) is 1.20. The molecule has 22 heavy (non-hydrogen) atoms. The van der Waals surface area contributed by atoms with Crippen molar-refractivity contribution in [1.29, 1.82) is 0 Å². The number of amides is 1. The average Bonchev–Trinajstić information content (AvgIpc) is 2.86. The number of hydrogen-bond acceptors (Lipinski definition) is 2. The van der Waals surface area contributed by atoms with Gasteiger partial charge in [-0.25, -0.2) is 0 Å². The van der Waals surface area contributed by atoms with Gasteiger partial charge in [-0.2, -0.15) is 39.5 Å². The van der Waals surface area contributed by atoms with Crippen LogP contribution in [0.5, 0.6) is 0 Å². The summed E-state index contributed by atoms with van der Waals surface area (Å²) in [6.07, 6.45) is -6.95. The Labute approximate surface area is 117 Å². The Bertz CT molecular complexity index is 415. The second kappa shape index (κ2) is 5.78. The van der Waals surface area contributed by atoms with Crippen LogP contribution in [-0.4, -0.2) is 49.1 Å². The first-order valence-electron chi connectivity index (χ1n) is 5.85. The maximum absolute atomic E-state index is 13.1. The first-order valence-corrected chi connectivity index (χ1v) is 5.85. The van der Waals surface area contributed by atoms with E-state index >= 15 is 0 Å². The molecule has 1 fully saturated rings. The van der Waals surface area contributed by atoms with Gasteiger partial charge < -0.3 is 10.1 Å². The summed E-state index contributed by atoms with van der Waals surface area (Å²) in [4.78, 5) is 10.9. The average molecular weight is 347 g/mol. The van der Waals surface area contributed by atoms with E-state index in [-0.39, 0.29) is 6.61 Å². The number of halogens is 9. The van der Waals surface area contributed by atoms with Crippen molar-refractivity contribution in [3.8, 4) is 0 Å². The first-order chi connectivity index (χ1) is 9.75. The number of alkyl halides is 9. The Morgan fingerprint density at radius 3 is 1.95 bits per heavy atom. The molecule has 1 aliphatic rings. The number of rotatable bonds is 5. The standard InChI is InChI=1S/C10H10F9NO2/c11-7(12,6(21)20-4-5-2-1-3-22-5)8(13,14)9(15,16)10(17,18)19/h5H,1-4H2,(H,20,21). The molecule has 0 radical (unpaired) electrons. The number of carbonyl (C=O) groups excluding carboxylic acids is 1. The number of ether oxygens (including phenoxy) is 1. The van der Waals surface area contributed by atoms with Crippen LogP contribution in [-0.2, 0) is 9.53 Å². The SMILES string of the molecule is O=C(NCC1CCCO1)C(F)(F)C(F)(F)C(F)(F)C(F)(F)F. The third-order valence-electron chi connectivity index (χ3n) is 2.94. The molecular formula is C10H10F9NO2. The first kappa shape index (κ1) is 18.8. The highest BCUT2D eigenvalue weighted by molar-refractivity contribution is 5.84. The molecular weight excluding hydrogens is 337 g/mol. The van der Waals surface area contributed by atoms with Crippen LogP contribution in [0.2, 0.25) is 0 Å². The minimum atomic E-state index is -7.08. The van der Waals surface area contributed by atoms with Crippen molar-refractivity contribution in [3.05, 3.63) is 0 Å². The van der Waals surface area contributed by atoms with Crippen molar-refractivity contribution < 1.29 is 49.0 Å². The molecule has 0 aromatic carbocycles. The zero-order valence-electron chi connectivity index (χ0n) is 10.6. The summed E-state index contributed by atoms with van der Waals surface area (Å²) in [6.45, 7) is -0.485. The predicted molar refractivity (Wildman–Crippen MR) is 52.9 cm³/mol. The normalized spacial score (nSPS) is 21.0. The lowest BCUT2D eigenvalue weighted by Gasteiger charge is -2.32. The van der Waals surface area contributed by atoms with Gasteiger partial charge in [-0.3, -0.25) is 4.79 Å². The second-order valence-electron chi connectivity index (χ2n) is 4.57. The van der Waals surface area contributed by atoms with Crippen LogP contribution in [0.4, 0.5) is 39.5 Å². The lowest BCUT2D eigenvalue weighted by atomic mass is 10.0. The Balaban J connectivity index is 2.87. The summed E-state index contributed by atoms with van der Waals surface area (Å²) >= 11 is 0. The minimum Gasteiger partial charge on any atom is -0.376 e. The summed E-state index contributed by atoms with van der Waals surface area (Å²) in [5.41, 5.74) is 0. The van der Waals surface area contributed by atoms with E-state index in [0.29, 0.717) is 12.8 Å². The van der Waals surface area contributed by atoms with Crippen molar-refractivity contribution in [2.75, 3.05) is 13.2 Å². The fraction of sp³-hybridized carbons (Fsp3) is 0.900. The van der Waals surface area contributed by atoms with Crippen LogP contribution >= 0.6 is 0 Å². The largest absolute Gasteiger partial charge is 0.460 e. The fourth-order valence-electron chi connectivity index (χ4n) is 1.64. The molecule has 130 valence electrons. The van der Waals surface area contributed by atoms with E-state index in [2.05, 4.69) is 0 Å². The number of nitrogens with one attached hydrogen (secondary N) is 1. The van der Waals surface area contributed by atoms with Gasteiger partial charge in [0.2, 0.25) is 0 Å². The van der Waals surface area contributed by atoms with Crippen LogP contribution in [0.1, 0.15) is 12.8 Å². The molecule has 12 heteroatoms. The molecule has 1 amide bonds. The zero-order chi connectivity index (χ0) is 17.4. The minimum absolute atomic E-state index is 0.221. The van der Waals surface area contributed by atoms with Gasteiger partial charge in [0.1, 0.15) is 0 Å². The molecule has 0 spiro atoms. The third-order valence-corrected chi connectivity index (χ3v) is 2.94. The summed E-state index contributed by atoms with van der Waals surface area (Å²) < 4.78 is 118. The highest BCUT2D eigenvalue weighted by Gasteiger charge is 2.83. The van der Waals surface area contributed by atoms with E-state index in [9.17, 15) is 44.3 Å². The molecule has 1 N–H and O–H groups in total. The maximum atomic E-state index is 13.1. The molecule has 1 aliphatic heterocycles. The maximum Gasteiger partial charge on any atom is 0.460 e. The molecule has 1 unspecified atom stereocenters. The van der Waals surface area contributed by atoms with Crippen LogP contribution in [0, 0.1) is 0 Å². The molecule has 1 saturated heterocycles. The van der Waals surface area contributed by atoms with Crippen molar-refractivity contribution in [3.63, 3.8) is 0 Å². The second-order valence-corrected chi connectivity index (χ2v) is 4.57. The van der Waals surface area contributed by atoms with Gasteiger partial charge in [0.05, 0.1) is 6.10 Å². The quantitative estimate of drug-likeness (QED) is 0.777. The lowest BCUT2D eigenvalue weighted by Crippen LogP contribution is -2.65. The van der Waals surface area contributed by atoms with E-state index in [0.717, 1.165) is 0 Å². The van der Waals surface area contributed by atoms with Gasteiger partial charge in [-0.05, 0) is 12.8 Å². The fourth-order valence-corrected chi connectivity index (χ4v) is 1.64. The van der Waals surface area contributed by atoms with Crippen molar-refractivity contribution >= 4 is 5.91 Å². The summed E-state index contributed by atoms with van der Waals surface area (Å²) in [5.74, 6) is -23.2. The van der Waals surface area contributed by atoms with E-state index < -0.39 is 42.5 Å². The van der Waals surface area contributed by atoms with Crippen LogP contribution in [0.3, 0.4) is 0 Å². The number of carbonyl (C=O) groups is 1. The van der Waals surface area contributed by atoms with Crippen molar-refractivity contribution in [2.45, 2.75) is 42.9 Å². The predicted octanol–water partition coefficient (Wildman–Crippen LogP) is 2.75. The Kier molecular flexibility index (Phi) is 4.95. The molecule has 1 atom stereocenters. The van der Waals surface area contributed by atoms with Crippen LogP contribution in [0.25, 0.3) is 0 Å². The smallest absolute Gasteiger partial charge is 0.376 e. The molecule has 0 aromatic heterocycles. The molecule has 0 bridgehead atoms. The van der Waals surface area contributed by atoms with E-state index in [1.54, 1.807) is 0 Å². The lowest BCUT2D eigenvalue weighted by molar-refractivity contribution is -0.388. The Hall–Kier alpha value is -1.20. The molecule has 0 aromatic rings. The zero-order valence-corrected chi connectivity index (χ0v) is 10.6. The highest BCUT2D eigenvalue weighted by Crippen LogP contribution is 2.53. The van der Waals surface area contributed by atoms with E-state index in [4.69, 9.17) is 4.74 Å². The van der Waals surface area contributed by atoms with Gasteiger partial charge in [-0.15, -0.1) is 0 Å². The van der Waals surface area contributed by atoms with Gasteiger partial charge in [0, 0.05) is 13.2 Å². The van der Waals surface area contributed by atoms with E-state index in [1.165, 1.54) is 5.32 Å². The topological polar surface area (TPSA) is 38.3 Å².